The Balaban J connectivity index is 3.13. The summed E-state index contributed by atoms with van der Waals surface area (Å²) in [6, 6.07) is 0. The van der Waals surface area contributed by atoms with Gasteiger partial charge in [-0.3, -0.25) is 4.57 Å². The van der Waals surface area contributed by atoms with Crippen molar-refractivity contribution < 1.29 is 9.53 Å². The molecule has 1 heterocycles. The minimum atomic E-state index is -0.491. The number of carbonyl (C=O) groups excluding carboxylic acids is 1. The van der Waals surface area contributed by atoms with E-state index in [1.807, 2.05) is 0 Å². The molecule has 0 saturated heterocycles. The third-order valence-corrected chi connectivity index (χ3v) is 1.62. The third-order valence-electron chi connectivity index (χ3n) is 1.62. The molecule has 5 nitrogen and oxygen atoms in total. The van der Waals surface area contributed by atoms with E-state index >= 15 is 0 Å². The van der Waals surface area contributed by atoms with Crippen molar-refractivity contribution in [1.29, 1.82) is 0 Å². The molecule has 13 heavy (non-hydrogen) atoms. The zero-order valence-corrected chi connectivity index (χ0v) is 7.48. The lowest BCUT2D eigenvalue weighted by atomic mass is 10.3. The van der Waals surface area contributed by atoms with Crippen LogP contribution < -0.4 is 5.69 Å². The summed E-state index contributed by atoms with van der Waals surface area (Å²) in [5, 5.41) is 0. The summed E-state index contributed by atoms with van der Waals surface area (Å²) in [5.74, 6) is -0.491. The zero-order chi connectivity index (χ0) is 9.84. The molecular formula is C8H10N2O3. The monoisotopic (exact) mass is 182 g/mol. The van der Waals surface area contributed by atoms with Gasteiger partial charge in [0.15, 0.2) is 0 Å². The van der Waals surface area contributed by atoms with Gasteiger partial charge in [0.25, 0.3) is 0 Å². The lowest BCUT2D eigenvalue weighted by molar-refractivity contribution is 0.0599. The van der Waals surface area contributed by atoms with Gasteiger partial charge in [0.05, 0.1) is 12.7 Å². The quantitative estimate of drug-likeness (QED) is 0.606. The van der Waals surface area contributed by atoms with Gasteiger partial charge in [0, 0.05) is 18.9 Å². The van der Waals surface area contributed by atoms with Crippen LogP contribution in [0.1, 0.15) is 17.3 Å². The second kappa shape index (κ2) is 3.84. The van der Waals surface area contributed by atoms with Crippen molar-refractivity contribution in [2.75, 3.05) is 7.11 Å². The average molecular weight is 182 g/mol. The Labute approximate surface area is 75.0 Å². The molecule has 0 bridgehead atoms. The number of rotatable bonds is 2. The lowest BCUT2D eigenvalue weighted by Crippen LogP contribution is -2.23. The number of aryl methyl sites for hydroxylation is 1. The number of methoxy groups -OCH3 is 1. The van der Waals surface area contributed by atoms with Crippen LogP contribution in [-0.2, 0) is 11.3 Å². The Morgan fingerprint density at radius 2 is 2.38 bits per heavy atom. The minimum Gasteiger partial charge on any atom is -0.465 e. The van der Waals surface area contributed by atoms with Crippen LogP contribution in [0.4, 0.5) is 0 Å². The summed E-state index contributed by atoms with van der Waals surface area (Å²) < 4.78 is 5.82. The summed E-state index contributed by atoms with van der Waals surface area (Å²) in [6.07, 6.45) is 2.64. The molecule has 0 aliphatic rings. The SMILES string of the molecule is CCn1cc(C(=O)OC)cnc1=O. The molecular weight excluding hydrogens is 172 g/mol. The number of carbonyl (C=O) groups is 1. The molecule has 0 aromatic carbocycles. The summed E-state index contributed by atoms with van der Waals surface area (Å²) in [4.78, 5) is 25.6. The van der Waals surface area contributed by atoms with Gasteiger partial charge in [0.2, 0.25) is 0 Å². The molecule has 0 saturated carbocycles. The maximum absolute atomic E-state index is 11.0. The fourth-order valence-corrected chi connectivity index (χ4v) is 0.905. The molecule has 0 atom stereocenters. The van der Waals surface area contributed by atoms with Crippen molar-refractivity contribution in [3.05, 3.63) is 28.4 Å². The largest absolute Gasteiger partial charge is 0.465 e. The molecule has 0 amide bonds. The van der Waals surface area contributed by atoms with E-state index in [9.17, 15) is 9.59 Å². The van der Waals surface area contributed by atoms with Gasteiger partial charge in [-0.15, -0.1) is 0 Å². The van der Waals surface area contributed by atoms with Crippen LogP contribution in [0.5, 0.6) is 0 Å². The Kier molecular flexibility index (Phi) is 2.79. The fourth-order valence-electron chi connectivity index (χ4n) is 0.905. The van der Waals surface area contributed by atoms with Crippen molar-refractivity contribution in [3.8, 4) is 0 Å². The highest BCUT2D eigenvalue weighted by Crippen LogP contribution is 1.95. The van der Waals surface area contributed by atoms with Crippen LogP contribution in [0.2, 0.25) is 0 Å². The molecule has 0 fully saturated rings. The van der Waals surface area contributed by atoms with Crippen molar-refractivity contribution >= 4 is 5.97 Å². The number of nitrogens with zero attached hydrogens (tertiary/aromatic N) is 2. The molecule has 0 radical (unpaired) electrons. The summed E-state index contributed by atoms with van der Waals surface area (Å²) in [7, 11) is 1.28. The van der Waals surface area contributed by atoms with Crippen molar-refractivity contribution in [3.63, 3.8) is 0 Å². The van der Waals surface area contributed by atoms with E-state index in [0.29, 0.717) is 6.54 Å². The molecule has 1 rings (SSSR count). The Morgan fingerprint density at radius 3 is 2.92 bits per heavy atom. The highest BCUT2D eigenvalue weighted by atomic mass is 16.5. The topological polar surface area (TPSA) is 61.2 Å². The highest BCUT2D eigenvalue weighted by Gasteiger charge is 2.06. The molecule has 0 N–H and O–H groups in total. The van der Waals surface area contributed by atoms with Gasteiger partial charge < -0.3 is 4.74 Å². The van der Waals surface area contributed by atoms with E-state index in [-0.39, 0.29) is 11.3 Å². The maximum Gasteiger partial charge on any atom is 0.347 e. The maximum atomic E-state index is 11.0. The van der Waals surface area contributed by atoms with Crippen LogP contribution in [0.15, 0.2) is 17.2 Å². The third kappa shape index (κ3) is 1.93. The first-order chi connectivity index (χ1) is 6.19. The van der Waals surface area contributed by atoms with Crippen molar-refractivity contribution in [1.82, 2.24) is 9.55 Å². The molecule has 1 aromatic heterocycles. The first-order valence-corrected chi connectivity index (χ1v) is 3.83. The van der Waals surface area contributed by atoms with Crippen LogP contribution in [0.25, 0.3) is 0 Å². The summed E-state index contributed by atoms with van der Waals surface area (Å²) in [5.41, 5.74) is -0.0842. The van der Waals surface area contributed by atoms with Gasteiger partial charge in [-0.2, -0.15) is 0 Å². The summed E-state index contributed by atoms with van der Waals surface area (Å²) >= 11 is 0. The van der Waals surface area contributed by atoms with Crippen LogP contribution in [0, 0.1) is 0 Å². The van der Waals surface area contributed by atoms with Gasteiger partial charge in [-0.25, -0.2) is 14.6 Å². The lowest BCUT2D eigenvalue weighted by Gasteiger charge is -2.02. The number of hydrogen-bond acceptors (Lipinski definition) is 4. The standard InChI is InChI=1S/C8H10N2O3/c1-3-10-5-6(7(11)13-2)4-9-8(10)12/h4-5H,3H2,1-2H3. The predicted molar refractivity (Wildman–Crippen MR) is 45.5 cm³/mol. The zero-order valence-electron chi connectivity index (χ0n) is 7.48. The van der Waals surface area contributed by atoms with Gasteiger partial charge in [-0.05, 0) is 6.92 Å². The van der Waals surface area contributed by atoms with E-state index in [4.69, 9.17) is 0 Å². The molecule has 0 unspecified atom stereocenters. The van der Waals surface area contributed by atoms with E-state index in [2.05, 4.69) is 9.72 Å². The number of aromatic nitrogens is 2. The van der Waals surface area contributed by atoms with Crippen LogP contribution in [-0.4, -0.2) is 22.6 Å². The normalized spacial score (nSPS) is 9.69. The Morgan fingerprint density at radius 1 is 1.69 bits per heavy atom. The van der Waals surface area contributed by atoms with Crippen molar-refractivity contribution in [2.24, 2.45) is 0 Å². The smallest absolute Gasteiger partial charge is 0.347 e. The second-order valence-corrected chi connectivity index (χ2v) is 2.40. The fraction of sp³-hybridized carbons (Fsp3) is 0.375. The second-order valence-electron chi connectivity index (χ2n) is 2.40. The van der Waals surface area contributed by atoms with Gasteiger partial charge in [-0.1, -0.05) is 0 Å². The van der Waals surface area contributed by atoms with E-state index < -0.39 is 5.97 Å². The van der Waals surface area contributed by atoms with Crippen LogP contribution in [0.3, 0.4) is 0 Å². The molecule has 5 heteroatoms. The average Bonchev–Trinajstić information content (AvgIpc) is 2.17. The molecule has 0 aliphatic heterocycles. The molecule has 0 spiro atoms. The number of esters is 1. The number of ether oxygens (including phenoxy) is 1. The van der Waals surface area contributed by atoms with E-state index in [0.717, 1.165) is 0 Å². The van der Waals surface area contributed by atoms with Crippen LogP contribution >= 0.6 is 0 Å². The summed E-state index contributed by atoms with van der Waals surface area (Å²) in [6.45, 7) is 2.28. The Bertz CT molecular complexity index is 370. The van der Waals surface area contributed by atoms with Gasteiger partial charge in [0.1, 0.15) is 0 Å². The first-order valence-electron chi connectivity index (χ1n) is 3.83. The van der Waals surface area contributed by atoms with E-state index in [1.54, 1.807) is 6.92 Å². The molecule has 1 aromatic rings. The van der Waals surface area contributed by atoms with Gasteiger partial charge >= 0.3 is 11.7 Å². The molecule has 0 aliphatic carbocycles. The predicted octanol–water partition coefficient (Wildman–Crippen LogP) is 0.0498. The molecule has 70 valence electrons. The minimum absolute atomic E-state index is 0.281. The Hall–Kier alpha value is -1.65. The highest BCUT2D eigenvalue weighted by molar-refractivity contribution is 5.88. The number of hydrogen-bond donors (Lipinski definition) is 0. The van der Waals surface area contributed by atoms with E-state index in [1.165, 1.54) is 24.1 Å². The van der Waals surface area contributed by atoms with Crippen molar-refractivity contribution in [2.45, 2.75) is 13.5 Å². The first kappa shape index (κ1) is 9.44.